The van der Waals surface area contributed by atoms with Crippen molar-refractivity contribution in [2.45, 2.75) is 6.92 Å². The van der Waals surface area contributed by atoms with Gasteiger partial charge in [-0.3, -0.25) is 0 Å². The van der Waals surface area contributed by atoms with Gasteiger partial charge in [-0.05, 0) is 30.7 Å². The van der Waals surface area contributed by atoms with Crippen molar-refractivity contribution in [1.82, 2.24) is 15.2 Å². The molecule has 3 rings (SSSR count). The van der Waals surface area contributed by atoms with Crippen LogP contribution in [0.3, 0.4) is 0 Å². The molecule has 2 N–H and O–H groups in total. The summed E-state index contributed by atoms with van der Waals surface area (Å²) in [5.41, 5.74) is 7.87. The molecule has 1 fully saturated rings. The van der Waals surface area contributed by atoms with Crippen LogP contribution < -0.4 is 15.5 Å². The molecule has 104 valence electrons. The van der Waals surface area contributed by atoms with Gasteiger partial charge in [-0.1, -0.05) is 0 Å². The van der Waals surface area contributed by atoms with Crippen LogP contribution in [-0.2, 0) is 0 Å². The Morgan fingerprint density at radius 2 is 1.80 bits per heavy atom. The van der Waals surface area contributed by atoms with Crippen molar-refractivity contribution in [2.24, 2.45) is 0 Å². The molecule has 0 aliphatic carbocycles. The van der Waals surface area contributed by atoms with Crippen LogP contribution in [-0.4, -0.2) is 41.4 Å². The highest BCUT2D eigenvalue weighted by molar-refractivity contribution is 5.50. The smallest absolute Gasteiger partial charge is 0.151 e. The van der Waals surface area contributed by atoms with E-state index in [9.17, 15) is 0 Å². The highest BCUT2D eigenvalue weighted by Crippen LogP contribution is 2.19. The number of aromatic nitrogens is 3. The van der Waals surface area contributed by atoms with E-state index in [1.165, 1.54) is 0 Å². The lowest BCUT2D eigenvalue weighted by Gasteiger charge is -2.36. The van der Waals surface area contributed by atoms with Crippen molar-refractivity contribution in [3.8, 4) is 0 Å². The zero-order chi connectivity index (χ0) is 13.9. The zero-order valence-corrected chi connectivity index (χ0v) is 11.5. The highest BCUT2D eigenvalue weighted by atomic mass is 15.3. The number of pyridine rings is 1. The van der Waals surface area contributed by atoms with Crippen LogP contribution in [0.1, 0.15) is 5.56 Å². The Morgan fingerprint density at radius 3 is 2.45 bits per heavy atom. The van der Waals surface area contributed by atoms with Gasteiger partial charge in [0.2, 0.25) is 0 Å². The second-order valence-electron chi connectivity index (χ2n) is 5.01. The molecule has 20 heavy (non-hydrogen) atoms. The second-order valence-corrected chi connectivity index (χ2v) is 5.01. The van der Waals surface area contributed by atoms with Crippen molar-refractivity contribution in [3.63, 3.8) is 0 Å². The average Bonchev–Trinajstić information content (AvgIpc) is 2.48. The summed E-state index contributed by atoms with van der Waals surface area (Å²) in [5, 5.41) is 8.22. The summed E-state index contributed by atoms with van der Waals surface area (Å²) in [6.07, 6.45) is 3.61. The van der Waals surface area contributed by atoms with Gasteiger partial charge < -0.3 is 15.5 Å². The largest absolute Gasteiger partial charge is 0.384 e. The summed E-state index contributed by atoms with van der Waals surface area (Å²) in [4.78, 5) is 8.72. The summed E-state index contributed by atoms with van der Waals surface area (Å²) in [5.74, 6) is 1.52. The molecular weight excluding hydrogens is 252 g/mol. The lowest BCUT2D eigenvalue weighted by molar-refractivity contribution is 0.642. The minimum atomic E-state index is 0.558. The summed E-state index contributed by atoms with van der Waals surface area (Å²) < 4.78 is 0. The number of piperazine rings is 1. The maximum Gasteiger partial charge on any atom is 0.151 e. The number of nitrogens with zero attached hydrogens (tertiary/aromatic N) is 5. The van der Waals surface area contributed by atoms with E-state index in [0.717, 1.165) is 43.2 Å². The number of anilines is 3. The van der Waals surface area contributed by atoms with Crippen LogP contribution in [0.2, 0.25) is 0 Å². The summed E-state index contributed by atoms with van der Waals surface area (Å²) >= 11 is 0. The Kier molecular flexibility index (Phi) is 3.37. The lowest BCUT2D eigenvalue weighted by Crippen LogP contribution is -2.47. The SMILES string of the molecule is Cc1cnnc(N2CCN(c3ccc(N)nc3)CC2)c1. The van der Waals surface area contributed by atoms with Crippen LogP contribution in [0.15, 0.2) is 30.6 Å². The summed E-state index contributed by atoms with van der Waals surface area (Å²) in [6.45, 7) is 5.79. The molecule has 2 aromatic rings. The van der Waals surface area contributed by atoms with Gasteiger partial charge in [0.1, 0.15) is 5.82 Å². The molecular formula is C14H18N6. The molecule has 0 spiro atoms. The van der Waals surface area contributed by atoms with E-state index < -0.39 is 0 Å². The minimum Gasteiger partial charge on any atom is -0.384 e. The molecule has 2 aromatic heterocycles. The van der Waals surface area contributed by atoms with Crippen LogP contribution in [0.25, 0.3) is 0 Å². The number of nitrogen functional groups attached to an aromatic ring is 1. The quantitative estimate of drug-likeness (QED) is 0.880. The van der Waals surface area contributed by atoms with Gasteiger partial charge in [-0.2, -0.15) is 5.10 Å². The minimum absolute atomic E-state index is 0.558. The molecule has 6 heteroatoms. The average molecular weight is 270 g/mol. The number of nitrogens with two attached hydrogens (primary N) is 1. The Hall–Kier alpha value is -2.37. The van der Waals surface area contributed by atoms with E-state index in [-0.39, 0.29) is 0 Å². The van der Waals surface area contributed by atoms with E-state index >= 15 is 0 Å². The lowest BCUT2D eigenvalue weighted by atomic mass is 10.2. The first-order chi connectivity index (χ1) is 9.72. The molecule has 1 aliphatic heterocycles. The third kappa shape index (κ3) is 2.64. The Bertz CT molecular complexity index is 574. The van der Waals surface area contributed by atoms with E-state index in [4.69, 9.17) is 5.73 Å². The van der Waals surface area contributed by atoms with Crippen LogP contribution in [0.5, 0.6) is 0 Å². The summed E-state index contributed by atoms with van der Waals surface area (Å²) in [7, 11) is 0. The van der Waals surface area contributed by atoms with Gasteiger partial charge in [0.05, 0.1) is 18.1 Å². The normalized spacial score (nSPS) is 15.4. The topological polar surface area (TPSA) is 71.2 Å². The predicted molar refractivity (Wildman–Crippen MR) is 79.8 cm³/mol. The van der Waals surface area contributed by atoms with Gasteiger partial charge in [0.15, 0.2) is 5.82 Å². The third-order valence-electron chi connectivity index (χ3n) is 3.52. The predicted octanol–water partition coefficient (Wildman–Crippen LogP) is 1.09. The maximum absolute atomic E-state index is 5.62. The second kappa shape index (κ2) is 5.32. The Labute approximate surface area is 118 Å². The first kappa shape index (κ1) is 12.7. The fourth-order valence-electron chi connectivity index (χ4n) is 2.38. The first-order valence-corrected chi connectivity index (χ1v) is 6.73. The van der Waals surface area contributed by atoms with Gasteiger partial charge >= 0.3 is 0 Å². The standard InChI is InChI=1S/C14H18N6/c1-11-8-14(18-17-9-11)20-6-4-19(5-7-20)12-2-3-13(15)16-10-12/h2-3,8-10H,4-7H2,1H3,(H2,15,16). The van der Waals surface area contributed by atoms with Crippen molar-refractivity contribution < 1.29 is 0 Å². The molecule has 0 aromatic carbocycles. The van der Waals surface area contributed by atoms with E-state index in [1.807, 2.05) is 25.3 Å². The molecule has 1 aliphatic rings. The van der Waals surface area contributed by atoms with Gasteiger partial charge in [0.25, 0.3) is 0 Å². The van der Waals surface area contributed by atoms with E-state index in [0.29, 0.717) is 5.82 Å². The van der Waals surface area contributed by atoms with E-state index in [2.05, 4.69) is 31.0 Å². The first-order valence-electron chi connectivity index (χ1n) is 6.73. The Morgan fingerprint density at radius 1 is 1.05 bits per heavy atom. The zero-order valence-electron chi connectivity index (χ0n) is 11.5. The molecule has 0 radical (unpaired) electrons. The van der Waals surface area contributed by atoms with E-state index in [1.54, 1.807) is 6.20 Å². The van der Waals surface area contributed by atoms with Gasteiger partial charge in [-0.15, -0.1) is 5.10 Å². The number of aryl methyl sites for hydroxylation is 1. The Balaban J connectivity index is 1.66. The molecule has 0 bridgehead atoms. The molecule has 6 nitrogen and oxygen atoms in total. The molecule has 0 amide bonds. The van der Waals surface area contributed by atoms with Crippen molar-refractivity contribution in [2.75, 3.05) is 41.7 Å². The van der Waals surface area contributed by atoms with Crippen molar-refractivity contribution >= 4 is 17.3 Å². The summed E-state index contributed by atoms with van der Waals surface area (Å²) in [6, 6.07) is 5.94. The fourth-order valence-corrected chi connectivity index (χ4v) is 2.38. The van der Waals surface area contributed by atoms with Crippen LogP contribution in [0, 0.1) is 6.92 Å². The van der Waals surface area contributed by atoms with Crippen molar-refractivity contribution in [3.05, 3.63) is 36.2 Å². The van der Waals surface area contributed by atoms with Gasteiger partial charge in [-0.25, -0.2) is 4.98 Å². The molecule has 1 saturated heterocycles. The third-order valence-corrected chi connectivity index (χ3v) is 3.52. The molecule has 3 heterocycles. The highest BCUT2D eigenvalue weighted by Gasteiger charge is 2.18. The maximum atomic E-state index is 5.62. The fraction of sp³-hybridized carbons (Fsp3) is 0.357. The van der Waals surface area contributed by atoms with Gasteiger partial charge in [0, 0.05) is 26.2 Å². The number of hydrogen-bond acceptors (Lipinski definition) is 6. The molecule has 0 unspecified atom stereocenters. The number of hydrogen-bond donors (Lipinski definition) is 1. The molecule has 0 saturated carbocycles. The van der Waals surface area contributed by atoms with Crippen molar-refractivity contribution in [1.29, 1.82) is 0 Å². The monoisotopic (exact) mass is 270 g/mol. The van der Waals surface area contributed by atoms with Crippen LogP contribution in [0.4, 0.5) is 17.3 Å². The van der Waals surface area contributed by atoms with Crippen LogP contribution >= 0.6 is 0 Å². The molecule has 0 atom stereocenters. The number of rotatable bonds is 2.